The molecule has 0 bridgehead atoms. The van der Waals surface area contributed by atoms with Gasteiger partial charge in [0.15, 0.2) is 6.61 Å². The fraction of sp³-hybridized carbons (Fsp3) is 0.115. The molecule has 0 radical (unpaired) electrons. The van der Waals surface area contributed by atoms with E-state index in [9.17, 15) is 25.0 Å². The van der Waals surface area contributed by atoms with Gasteiger partial charge in [-0.15, -0.1) is 0 Å². The van der Waals surface area contributed by atoms with Crippen LogP contribution in [0.15, 0.2) is 84.4 Å². The minimum Gasteiger partial charge on any atom is -0.483 e. The zero-order valence-corrected chi connectivity index (χ0v) is 18.8. The molecular formula is C26H22N4O5. The van der Waals surface area contributed by atoms with Crippen molar-refractivity contribution in [3.63, 3.8) is 0 Å². The van der Waals surface area contributed by atoms with Crippen LogP contribution in [0.4, 0.5) is 11.4 Å². The summed E-state index contributed by atoms with van der Waals surface area (Å²) in [4.78, 5) is 35.6. The van der Waals surface area contributed by atoms with Gasteiger partial charge in [0.05, 0.1) is 11.0 Å². The summed E-state index contributed by atoms with van der Waals surface area (Å²) >= 11 is 0. The molecule has 2 amide bonds. The number of nitriles is 1. The number of hydrogen-bond acceptors (Lipinski definition) is 6. The first-order valence-corrected chi connectivity index (χ1v) is 10.6. The normalized spacial score (nSPS) is 11.6. The van der Waals surface area contributed by atoms with Gasteiger partial charge in [-0.1, -0.05) is 48.5 Å². The van der Waals surface area contributed by atoms with E-state index < -0.39 is 16.7 Å². The average molecular weight is 470 g/mol. The van der Waals surface area contributed by atoms with Gasteiger partial charge in [0.2, 0.25) is 0 Å². The van der Waals surface area contributed by atoms with Crippen LogP contribution >= 0.6 is 0 Å². The molecule has 1 unspecified atom stereocenters. The lowest BCUT2D eigenvalue weighted by atomic mass is 10.1. The highest BCUT2D eigenvalue weighted by Gasteiger charge is 2.17. The Morgan fingerprint density at radius 1 is 1.09 bits per heavy atom. The molecule has 0 aliphatic carbocycles. The average Bonchev–Trinajstić information content (AvgIpc) is 2.87. The SMILES string of the molecule is CC(NC(=O)/C(C#N)=C/c1cc([N+](=O)[O-])ccc1OCC(=O)Nc1ccccc1)c1ccccc1. The van der Waals surface area contributed by atoms with Gasteiger partial charge in [-0.05, 0) is 36.8 Å². The van der Waals surface area contributed by atoms with Crippen molar-refractivity contribution in [3.8, 4) is 11.8 Å². The molecule has 2 N–H and O–H groups in total. The minimum atomic E-state index is -0.650. The van der Waals surface area contributed by atoms with Crippen molar-refractivity contribution >= 4 is 29.3 Å². The second-order valence-corrected chi connectivity index (χ2v) is 7.46. The van der Waals surface area contributed by atoms with Crippen LogP contribution < -0.4 is 15.4 Å². The minimum absolute atomic E-state index is 0.107. The third-order valence-corrected chi connectivity index (χ3v) is 4.93. The standard InChI is InChI=1S/C26H22N4O5/c1-18(19-8-4-2-5-9-19)28-26(32)21(16-27)14-20-15-23(30(33)34)12-13-24(20)35-17-25(31)29-22-10-6-3-7-11-22/h2-15,18H,17H2,1H3,(H,28,32)(H,29,31)/b21-14+. The quantitative estimate of drug-likeness (QED) is 0.206. The summed E-state index contributed by atoms with van der Waals surface area (Å²) in [5.74, 6) is -0.988. The van der Waals surface area contributed by atoms with Crippen molar-refractivity contribution in [2.75, 3.05) is 11.9 Å². The Kier molecular flexibility index (Phi) is 8.29. The van der Waals surface area contributed by atoms with Crippen LogP contribution in [0.25, 0.3) is 6.08 Å². The number of anilines is 1. The predicted octanol–water partition coefficient (Wildman–Crippen LogP) is 4.40. The van der Waals surface area contributed by atoms with Crippen LogP contribution in [0.2, 0.25) is 0 Å². The fourth-order valence-corrected chi connectivity index (χ4v) is 3.16. The van der Waals surface area contributed by atoms with Crippen molar-refractivity contribution in [1.29, 1.82) is 5.26 Å². The first-order chi connectivity index (χ1) is 16.9. The molecule has 0 heterocycles. The number of ether oxygens (including phenoxy) is 1. The summed E-state index contributed by atoms with van der Waals surface area (Å²) in [6.45, 7) is 1.39. The molecular weight excluding hydrogens is 448 g/mol. The molecule has 0 spiro atoms. The topological polar surface area (TPSA) is 134 Å². The number of carbonyl (C=O) groups excluding carboxylic acids is 2. The Balaban J connectivity index is 1.80. The van der Waals surface area contributed by atoms with Crippen LogP contribution in [0, 0.1) is 21.4 Å². The molecule has 176 valence electrons. The molecule has 3 aromatic carbocycles. The molecule has 9 nitrogen and oxygen atoms in total. The maximum Gasteiger partial charge on any atom is 0.270 e. The maximum absolute atomic E-state index is 12.7. The van der Waals surface area contributed by atoms with Crippen molar-refractivity contribution in [2.45, 2.75) is 13.0 Å². The highest BCUT2D eigenvalue weighted by molar-refractivity contribution is 6.02. The lowest BCUT2D eigenvalue weighted by Gasteiger charge is -2.14. The Hall–Kier alpha value is -4.97. The lowest BCUT2D eigenvalue weighted by Crippen LogP contribution is -2.27. The number of carbonyl (C=O) groups is 2. The van der Waals surface area contributed by atoms with E-state index in [1.54, 1.807) is 31.2 Å². The molecule has 3 aromatic rings. The van der Waals surface area contributed by atoms with E-state index in [4.69, 9.17) is 4.74 Å². The van der Waals surface area contributed by atoms with E-state index in [2.05, 4.69) is 10.6 Å². The molecule has 1 atom stereocenters. The predicted molar refractivity (Wildman–Crippen MR) is 130 cm³/mol. The largest absolute Gasteiger partial charge is 0.483 e. The smallest absolute Gasteiger partial charge is 0.270 e. The summed E-state index contributed by atoms with van der Waals surface area (Å²) in [5, 5.41) is 26.2. The third kappa shape index (κ3) is 7.00. The highest BCUT2D eigenvalue weighted by Crippen LogP contribution is 2.27. The maximum atomic E-state index is 12.7. The molecule has 0 fully saturated rings. The number of nitrogens with one attached hydrogen (secondary N) is 2. The number of hydrogen-bond donors (Lipinski definition) is 2. The summed E-state index contributed by atoms with van der Waals surface area (Å²) in [6, 6.07) is 23.1. The third-order valence-electron chi connectivity index (χ3n) is 4.93. The Morgan fingerprint density at radius 3 is 2.37 bits per heavy atom. The van der Waals surface area contributed by atoms with Crippen LogP contribution in [-0.2, 0) is 9.59 Å². The summed E-state index contributed by atoms with van der Waals surface area (Å²) in [7, 11) is 0. The van der Waals surface area contributed by atoms with Crippen LogP contribution in [-0.4, -0.2) is 23.3 Å². The Bertz CT molecular complexity index is 1280. The van der Waals surface area contributed by atoms with Crippen LogP contribution in [0.3, 0.4) is 0 Å². The van der Waals surface area contributed by atoms with E-state index in [-0.39, 0.29) is 35.2 Å². The van der Waals surface area contributed by atoms with E-state index >= 15 is 0 Å². The van der Waals surface area contributed by atoms with Crippen molar-refractivity contribution in [2.24, 2.45) is 0 Å². The van der Waals surface area contributed by atoms with Crippen LogP contribution in [0.5, 0.6) is 5.75 Å². The first-order valence-electron chi connectivity index (χ1n) is 10.6. The number of nitro groups is 1. The number of rotatable bonds is 9. The van der Waals surface area contributed by atoms with Crippen molar-refractivity contribution < 1.29 is 19.2 Å². The first kappa shape index (κ1) is 24.7. The molecule has 35 heavy (non-hydrogen) atoms. The zero-order chi connectivity index (χ0) is 25.2. The van der Waals surface area contributed by atoms with E-state index in [0.717, 1.165) is 5.56 Å². The zero-order valence-electron chi connectivity index (χ0n) is 18.8. The molecule has 0 aliphatic heterocycles. The number of amides is 2. The van der Waals surface area contributed by atoms with Crippen molar-refractivity contribution in [3.05, 3.63) is 106 Å². The summed E-state index contributed by atoms with van der Waals surface area (Å²) in [6.07, 6.45) is 1.20. The second-order valence-electron chi connectivity index (χ2n) is 7.46. The number of benzene rings is 3. The highest BCUT2D eigenvalue weighted by atomic mass is 16.6. The summed E-state index contributed by atoms with van der Waals surface area (Å²) < 4.78 is 5.56. The molecule has 0 saturated heterocycles. The Morgan fingerprint density at radius 2 is 1.74 bits per heavy atom. The molecule has 0 saturated carbocycles. The molecule has 3 rings (SSSR count). The van der Waals surface area contributed by atoms with Gasteiger partial charge in [0.25, 0.3) is 17.5 Å². The monoisotopic (exact) mass is 470 g/mol. The van der Waals surface area contributed by atoms with Crippen LogP contribution in [0.1, 0.15) is 24.1 Å². The van der Waals surface area contributed by atoms with Crippen molar-refractivity contribution in [1.82, 2.24) is 5.32 Å². The van der Waals surface area contributed by atoms with Gasteiger partial charge < -0.3 is 15.4 Å². The second kappa shape index (κ2) is 11.8. The summed E-state index contributed by atoms with van der Waals surface area (Å²) in [5.41, 5.74) is 1.02. The van der Waals surface area contributed by atoms with E-state index in [1.165, 1.54) is 24.3 Å². The molecule has 9 heteroatoms. The van der Waals surface area contributed by atoms with E-state index in [1.807, 2.05) is 42.5 Å². The van der Waals surface area contributed by atoms with Gasteiger partial charge in [0, 0.05) is 23.4 Å². The van der Waals surface area contributed by atoms with Gasteiger partial charge in [-0.25, -0.2) is 0 Å². The number of nitrogens with zero attached hydrogens (tertiary/aromatic N) is 2. The number of nitro benzene ring substituents is 1. The fourth-order valence-electron chi connectivity index (χ4n) is 3.16. The van der Waals surface area contributed by atoms with Gasteiger partial charge in [0.1, 0.15) is 17.4 Å². The van der Waals surface area contributed by atoms with Gasteiger partial charge in [-0.3, -0.25) is 19.7 Å². The van der Waals surface area contributed by atoms with Gasteiger partial charge in [-0.2, -0.15) is 5.26 Å². The molecule has 0 aliphatic rings. The van der Waals surface area contributed by atoms with Gasteiger partial charge >= 0.3 is 0 Å². The number of para-hydroxylation sites is 1. The molecule has 0 aromatic heterocycles. The van der Waals surface area contributed by atoms with E-state index in [0.29, 0.717) is 5.69 Å². The number of non-ortho nitro benzene ring substituents is 1. The Labute approximate surface area is 201 Å². The lowest BCUT2D eigenvalue weighted by molar-refractivity contribution is -0.384.